The Morgan fingerprint density at radius 2 is 2.50 bits per heavy atom. The summed E-state index contributed by atoms with van der Waals surface area (Å²) in [6, 6.07) is 1.94. The molecule has 0 unspecified atom stereocenters. The monoisotopic (exact) mass is 185 g/mol. The fourth-order valence-corrected chi connectivity index (χ4v) is 0.991. The maximum absolute atomic E-state index is 5.57. The van der Waals surface area contributed by atoms with Gasteiger partial charge in [-0.15, -0.1) is 0 Å². The largest absolute Gasteiger partial charge is 0.468 e. The molecule has 1 heterocycles. The van der Waals surface area contributed by atoms with Crippen molar-refractivity contribution in [3.63, 3.8) is 0 Å². The third kappa shape index (κ3) is 2.72. The Morgan fingerprint density at radius 1 is 1.75 bits per heavy atom. The second-order valence-corrected chi connectivity index (χ2v) is 3.18. The van der Waals surface area contributed by atoms with Crippen molar-refractivity contribution in [2.75, 3.05) is 6.54 Å². The summed E-state index contributed by atoms with van der Waals surface area (Å²) >= 11 is 5.57. The lowest BCUT2D eigenvalue weighted by atomic mass is 10.3. The fraction of sp³-hybridized carbons (Fsp3) is 0.333. The highest BCUT2D eigenvalue weighted by Gasteiger charge is 1.99. The van der Waals surface area contributed by atoms with E-state index in [2.05, 4.69) is 11.9 Å². The molecule has 0 saturated heterocycles. The Morgan fingerprint density at radius 3 is 3.00 bits per heavy atom. The van der Waals surface area contributed by atoms with Gasteiger partial charge in [0.25, 0.3) is 0 Å². The van der Waals surface area contributed by atoms with E-state index in [-0.39, 0.29) is 0 Å². The van der Waals surface area contributed by atoms with Crippen molar-refractivity contribution < 1.29 is 4.42 Å². The normalized spacial score (nSPS) is 10.2. The predicted molar refractivity (Wildman–Crippen MR) is 50.1 cm³/mol. The van der Waals surface area contributed by atoms with E-state index in [1.54, 1.807) is 6.26 Å². The second kappa shape index (κ2) is 4.33. The molecule has 0 bridgehead atoms. The maximum Gasteiger partial charge on any atom is 0.120 e. The van der Waals surface area contributed by atoms with E-state index in [1.807, 2.05) is 13.0 Å². The summed E-state index contributed by atoms with van der Waals surface area (Å²) in [5, 5.41) is 3.71. The zero-order chi connectivity index (χ0) is 8.97. The van der Waals surface area contributed by atoms with Crippen LogP contribution in [0.3, 0.4) is 0 Å². The van der Waals surface area contributed by atoms with Gasteiger partial charge in [0.05, 0.1) is 12.8 Å². The van der Waals surface area contributed by atoms with Crippen LogP contribution in [0.1, 0.15) is 11.3 Å². The highest BCUT2D eigenvalue weighted by atomic mass is 35.5. The number of rotatable bonds is 4. The first kappa shape index (κ1) is 9.36. The van der Waals surface area contributed by atoms with Gasteiger partial charge in [-0.05, 0) is 18.6 Å². The summed E-state index contributed by atoms with van der Waals surface area (Å²) in [6.45, 7) is 6.89. The Hall–Kier alpha value is -0.730. The molecule has 0 aromatic carbocycles. The average molecular weight is 186 g/mol. The topological polar surface area (TPSA) is 25.2 Å². The molecule has 0 aliphatic rings. The molecule has 66 valence electrons. The maximum atomic E-state index is 5.57. The van der Waals surface area contributed by atoms with Crippen LogP contribution >= 0.6 is 11.6 Å². The van der Waals surface area contributed by atoms with Crippen LogP contribution in [-0.4, -0.2) is 6.54 Å². The molecule has 2 nitrogen and oxygen atoms in total. The molecule has 1 aromatic rings. The van der Waals surface area contributed by atoms with E-state index in [4.69, 9.17) is 16.0 Å². The van der Waals surface area contributed by atoms with Crippen LogP contribution < -0.4 is 5.32 Å². The van der Waals surface area contributed by atoms with Crippen molar-refractivity contribution >= 4 is 11.6 Å². The number of nitrogens with one attached hydrogen (secondary N) is 1. The van der Waals surface area contributed by atoms with Gasteiger partial charge in [0.2, 0.25) is 0 Å². The second-order valence-electron chi connectivity index (χ2n) is 2.65. The molecule has 0 fully saturated rings. The Bertz CT molecular complexity index is 267. The van der Waals surface area contributed by atoms with Crippen molar-refractivity contribution in [3.8, 4) is 0 Å². The van der Waals surface area contributed by atoms with Crippen molar-refractivity contribution in [1.29, 1.82) is 0 Å². The Labute approximate surface area is 77.2 Å². The first-order valence-corrected chi connectivity index (χ1v) is 4.15. The molecule has 0 atom stereocenters. The van der Waals surface area contributed by atoms with Gasteiger partial charge in [-0.25, -0.2) is 0 Å². The van der Waals surface area contributed by atoms with E-state index in [9.17, 15) is 0 Å². The van der Waals surface area contributed by atoms with Gasteiger partial charge >= 0.3 is 0 Å². The minimum atomic E-state index is 0.610. The van der Waals surface area contributed by atoms with E-state index >= 15 is 0 Å². The lowest BCUT2D eigenvalue weighted by molar-refractivity contribution is 0.487. The zero-order valence-electron chi connectivity index (χ0n) is 7.06. The third-order valence-corrected chi connectivity index (χ3v) is 1.70. The minimum Gasteiger partial charge on any atom is -0.468 e. The standard InChI is InChI=1S/C9H12ClNO/c1-7-3-4-12-9(7)6-11-5-8(2)10/h3-4,11H,2,5-6H2,1H3. The van der Waals surface area contributed by atoms with Gasteiger partial charge in [-0.1, -0.05) is 18.2 Å². The smallest absolute Gasteiger partial charge is 0.120 e. The molecule has 12 heavy (non-hydrogen) atoms. The minimum absolute atomic E-state index is 0.610. The van der Waals surface area contributed by atoms with Crippen LogP contribution in [0.25, 0.3) is 0 Å². The lowest BCUT2D eigenvalue weighted by Crippen LogP contribution is -2.14. The summed E-state index contributed by atoms with van der Waals surface area (Å²) in [4.78, 5) is 0. The van der Waals surface area contributed by atoms with Gasteiger partial charge in [-0.2, -0.15) is 0 Å². The molecule has 0 aliphatic heterocycles. The molecule has 3 heteroatoms. The first-order chi connectivity index (χ1) is 5.70. The number of hydrogen-bond donors (Lipinski definition) is 1. The highest BCUT2D eigenvalue weighted by molar-refractivity contribution is 6.29. The summed E-state index contributed by atoms with van der Waals surface area (Å²) < 4.78 is 5.21. The summed E-state index contributed by atoms with van der Waals surface area (Å²) in [7, 11) is 0. The molecule has 0 aliphatic carbocycles. The highest BCUT2D eigenvalue weighted by Crippen LogP contribution is 2.07. The molecule has 0 spiro atoms. The molecule has 1 rings (SSSR count). The van der Waals surface area contributed by atoms with Crippen LogP contribution in [-0.2, 0) is 6.54 Å². The summed E-state index contributed by atoms with van der Waals surface area (Å²) in [5.74, 6) is 0.952. The fourth-order valence-electron chi connectivity index (χ4n) is 0.897. The van der Waals surface area contributed by atoms with Crippen molar-refractivity contribution in [3.05, 3.63) is 35.3 Å². The Kier molecular flexibility index (Phi) is 3.38. The SMILES string of the molecule is C=C(Cl)CNCc1occc1C. The molecule has 0 saturated carbocycles. The van der Waals surface area contributed by atoms with Crippen LogP contribution in [0, 0.1) is 6.92 Å². The number of halogens is 1. The summed E-state index contributed by atoms with van der Waals surface area (Å²) in [6.07, 6.45) is 1.68. The third-order valence-electron chi connectivity index (χ3n) is 1.57. The van der Waals surface area contributed by atoms with Crippen LogP contribution in [0.5, 0.6) is 0 Å². The molecule has 0 radical (unpaired) electrons. The predicted octanol–water partition coefficient (Wildman–Crippen LogP) is 2.43. The molecular formula is C9H12ClNO. The van der Waals surface area contributed by atoms with Gasteiger partial charge in [0.1, 0.15) is 5.76 Å². The van der Waals surface area contributed by atoms with E-state index < -0.39 is 0 Å². The van der Waals surface area contributed by atoms with Gasteiger partial charge < -0.3 is 9.73 Å². The van der Waals surface area contributed by atoms with E-state index in [1.165, 1.54) is 0 Å². The summed E-state index contributed by atoms with van der Waals surface area (Å²) in [5.41, 5.74) is 1.16. The number of furan rings is 1. The number of aryl methyl sites for hydroxylation is 1. The van der Waals surface area contributed by atoms with Crippen molar-refractivity contribution in [1.82, 2.24) is 5.32 Å². The number of hydrogen-bond acceptors (Lipinski definition) is 2. The zero-order valence-corrected chi connectivity index (χ0v) is 7.82. The van der Waals surface area contributed by atoms with Crippen molar-refractivity contribution in [2.24, 2.45) is 0 Å². The quantitative estimate of drug-likeness (QED) is 0.780. The molecular weight excluding hydrogens is 174 g/mol. The van der Waals surface area contributed by atoms with Crippen molar-refractivity contribution in [2.45, 2.75) is 13.5 Å². The van der Waals surface area contributed by atoms with Gasteiger partial charge in [0.15, 0.2) is 0 Å². The van der Waals surface area contributed by atoms with Crippen LogP contribution in [0.15, 0.2) is 28.4 Å². The van der Waals surface area contributed by atoms with Gasteiger partial charge in [-0.3, -0.25) is 0 Å². The first-order valence-electron chi connectivity index (χ1n) is 3.77. The van der Waals surface area contributed by atoms with Crippen LogP contribution in [0.2, 0.25) is 0 Å². The van der Waals surface area contributed by atoms with Gasteiger partial charge in [0, 0.05) is 11.6 Å². The molecule has 0 amide bonds. The van der Waals surface area contributed by atoms with Crippen LogP contribution in [0.4, 0.5) is 0 Å². The van der Waals surface area contributed by atoms with E-state index in [0.717, 1.165) is 11.3 Å². The lowest BCUT2D eigenvalue weighted by Gasteiger charge is -2.00. The average Bonchev–Trinajstić information content (AvgIpc) is 2.36. The Balaban J connectivity index is 2.33. The molecule has 1 aromatic heterocycles. The molecule has 1 N–H and O–H groups in total. The van der Waals surface area contributed by atoms with E-state index in [0.29, 0.717) is 18.1 Å².